The molecule has 1 amide bonds. The number of rotatable bonds is 3. The summed E-state index contributed by atoms with van der Waals surface area (Å²) in [6.45, 7) is 6.59. The van der Waals surface area contributed by atoms with E-state index in [1.165, 1.54) is 0 Å². The molecule has 2 heterocycles. The highest BCUT2D eigenvalue weighted by Gasteiger charge is 2.33. The van der Waals surface area contributed by atoms with E-state index in [1.807, 2.05) is 20.8 Å². The fraction of sp³-hybridized carbons (Fsp3) is 0.450. The molecular weight excluding hydrogens is 401 g/mol. The molecule has 1 aliphatic heterocycles. The van der Waals surface area contributed by atoms with Crippen LogP contribution in [-0.2, 0) is 15.7 Å². The van der Waals surface area contributed by atoms with Gasteiger partial charge in [0.2, 0.25) is 5.95 Å². The molecule has 1 aromatic carbocycles. The molecule has 0 spiro atoms. The number of alkyl halides is 3. The summed E-state index contributed by atoms with van der Waals surface area (Å²) in [4.78, 5) is 21.2. The smallest absolute Gasteiger partial charge is 0.433 e. The van der Waals surface area contributed by atoms with Crippen LogP contribution in [0.15, 0.2) is 36.5 Å². The average molecular weight is 424 g/mol. The zero-order chi connectivity index (χ0) is 21.9. The lowest BCUT2D eigenvalue weighted by Gasteiger charge is -2.34. The first-order chi connectivity index (χ1) is 14.0. The highest BCUT2D eigenvalue weighted by molar-refractivity contribution is 5.68. The molecule has 1 N–H and O–H groups in total. The van der Waals surface area contributed by atoms with Crippen LogP contribution in [0.4, 0.5) is 29.6 Å². The number of morpholine rings is 1. The largest absolute Gasteiger partial charge is 0.444 e. The number of anilines is 2. The van der Waals surface area contributed by atoms with Crippen LogP contribution in [0.25, 0.3) is 0 Å². The van der Waals surface area contributed by atoms with Gasteiger partial charge in [-0.1, -0.05) is 12.1 Å². The Balaban J connectivity index is 1.65. The Bertz CT molecular complexity index is 882. The number of amides is 1. The second kappa shape index (κ2) is 8.47. The van der Waals surface area contributed by atoms with Gasteiger partial charge in [0, 0.05) is 18.4 Å². The molecular formula is C20H23F3N4O3. The Hall–Kier alpha value is -2.88. The van der Waals surface area contributed by atoms with Crippen molar-refractivity contribution < 1.29 is 27.4 Å². The summed E-state index contributed by atoms with van der Waals surface area (Å²) in [6.07, 6.45) is -4.21. The van der Waals surface area contributed by atoms with E-state index in [9.17, 15) is 18.0 Å². The van der Waals surface area contributed by atoms with Gasteiger partial charge in [-0.3, -0.25) is 0 Å². The van der Waals surface area contributed by atoms with Gasteiger partial charge in [0.1, 0.15) is 17.4 Å². The quantitative estimate of drug-likeness (QED) is 0.779. The number of nitrogens with zero attached hydrogens (tertiary/aromatic N) is 3. The number of halogens is 3. The summed E-state index contributed by atoms with van der Waals surface area (Å²) >= 11 is 0. The highest BCUT2D eigenvalue weighted by atomic mass is 19.4. The lowest BCUT2D eigenvalue weighted by atomic mass is 10.1. The summed E-state index contributed by atoms with van der Waals surface area (Å²) in [5, 5.41) is 2.75. The lowest BCUT2D eigenvalue weighted by molar-refractivity contribution is -0.141. The van der Waals surface area contributed by atoms with Crippen molar-refractivity contribution in [2.45, 2.75) is 38.7 Å². The molecule has 0 aliphatic carbocycles. The fourth-order valence-electron chi connectivity index (χ4n) is 2.83. The first kappa shape index (κ1) is 21.8. The maximum atomic E-state index is 12.8. The summed E-state index contributed by atoms with van der Waals surface area (Å²) in [6, 6.07) is 7.74. The minimum absolute atomic E-state index is 0.150. The van der Waals surface area contributed by atoms with Gasteiger partial charge in [-0.2, -0.15) is 13.2 Å². The third-order valence-corrected chi connectivity index (χ3v) is 4.20. The van der Waals surface area contributed by atoms with Crippen molar-refractivity contribution in [1.29, 1.82) is 0 Å². The number of aromatic nitrogens is 2. The van der Waals surface area contributed by atoms with Crippen LogP contribution in [0, 0.1) is 0 Å². The van der Waals surface area contributed by atoms with Crippen LogP contribution in [0.3, 0.4) is 0 Å². The van der Waals surface area contributed by atoms with Crippen molar-refractivity contribution in [3.63, 3.8) is 0 Å². The third kappa shape index (κ3) is 5.82. The third-order valence-electron chi connectivity index (χ3n) is 4.20. The zero-order valence-electron chi connectivity index (χ0n) is 16.9. The van der Waals surface area contributed by atoms with Crippen molar-refractivity contribution in [1.82, 2.24) is 14.9 Å². The summed E-state index contributed by atoms with van der Waals surface area (Å²) in [7, 11) is 0. The Labute approximate surface area is 172 Å². The van der Waals surface area contributed by atoms with Gasteiger partial charge >= 0.3 is 12.3 Å². The predicted molar refractivity (Wildman–Crippen MR) is 103 cm³/mol. The first-order valence-corrected chi connectivity index (χ1v) is 9.38. The van der Waals surface area contributed by atoms with E-state index in [0.29, 0.717) is 25.4 Å². The zero-order valence-corrected chi connectivity index (χ0v) is 16.9. The molecule has 0 radical (unpaired) electrons. The SMILES string of the molecule is CC(C)(C)OC(=O)N1CCO[C@H](c2ccc(Nc3nccc(C(F)(F)F)n3)cc2)C1. The molecule has 30 heavy (non-hydrogen) atoms. The van der Waals surface area contributed by atoms with Crippen LogP contribution >= 0.6 is 0 Å². The molecule has 1 aromatic heterocycles. The lowest BCUT2D eigenvalue weighted by Crippen LogP contribution is -2.44. The van der Waals surface area contributed by atoms with Crippen molar-refractivity contribution >= 4 is 17.7 Å². The Morgan fingerprint density at radius 3 is 2.53 bits per heavy atom. The predicted octanol–water partition coefficient (Wildman–Crippen LogP) is 4.55. The Kier molecular flexibility index (Phi) is 6.16. The normalized spacial score (nSPS) is 17.5. The van der Waals surface area contributed by atoms with E-state index >= 15 is 0 Å². The van der Waals surface area contributed by atoms with Crippen LogP contribution in [0.5, 0.6) is 0 Å². The number of hydrogen-bond acceptors (Lipinski definition) is 6. The van der Waals surface area contributed by atoms with Crippen molar-refractivity contribution in [2.24, 2.45) is 0 Å². The summed E-state index contributed by atoms with van der Waals surface area (Å²) in [5.41, 5.74) is -0.241. The number of carbonyl (C=O) groups is 1. The van der Waals surface area contributed by atoms with Gasteiger partial charge in [-0.15, -0.1) is 0 Å². The van der Waals surface area contributed by atoms with Gasteiger partial charge in [-0.05, 0) is 44.5 Å². The van der Waals surface area contributed by atoms with Crippen LogP contribution < -0.4 is 5.32 Å². The molecule has 1 fully saturated rings. The van der Waals surface area contributed by atoms with E-state index in [4.69, 9.17) is 9.47 Å². The Morgan fingerprint density at radius 2 is 1.90 bits per heavy atom. The maximum Gasteiger partial charge on any atom is 0.433 e. The van der Waals surface area contributed by atoms with Gasteiger partial charge in [0.25, 0.3) is 0 Å². The Morgan fingerprint density at radius 1 is 1.20 bits per heavy atom. The first-order valence-electron chi connectivity index (χ1n) is 9.38. The summed E-state index contributed by atoms with van der Waals surface area (Å²) in [5.74, 6) is -0.150. The maximum absolute atomic E-state index is 12.8. The van der Waals surface area contributed by atoms with E-state index < -0.39 is 23.6 Å². The molecule has 0 bridgehead atoms. The highest BCUT2D eigenvalue weighted by Crippen LogP contribution is 2.29. The molecule has 7 nitrogen and oxygen atoms in total. The van der Waals surface area contributed by atoms with Gasteiger partial charge in [0.05, 0.1) is 13.2 Å². The number of ether oxygens (including phenoxy) is 2. The van der Waals surface area contributed by atoms with E-state index in [0.717, 1.165) is 17.8 Å². The minimum Gasteiger partial charge on any atom is -0.444 e. The van der Waals surface area contributed by atoms with Gasteiger partial charge in [-0.25, -0.2) is 14.8 Å². The molecule has 10 heteroatoms. The van der Waals surface area contributed by atoms with Crippen molar-refractivity contribution in [2.75, 3.05) is 25.0 Å². The van der Waals surface area contributed by atoms with Crippen LogP contribution in [0.2, 0.25) is 0 Å². The molecule has 1 atom stereocenters. The molecule has 0 unspecified atom stereocenters. The number of benzene rings is 1. The van der Waals surface area contributed by atoms with Crippen molar-refractivity contribution in [3.8, 4) is 0 Å². The van der Waals surface area contributed by atoms with Gasteiger partial charge < -0.3 is 19.7 Å². The molecule has 0 saturated carbocycles. The number of nitrogens with one attached hydrogen (secondary N) is 1. The molecule has 162 valence electrons. The minimum atomic E-state index is -4.54. The van der Waals surface area contributed by atoms with E-state index in [-0.39, 0.29) is 12.1 Å². The van der Waals surface area contributed by atoms with Crippen molar-refractivity contribution in [3.05, 3.63) is 47.8 Å². The van der Waals surface area contributed by atoms with E-state index in [2.05, 4.69) is 15.3 Å². The number of hydrogen-bond donors (Lipinski definition) is 1. The van der Waals surface area contributed by atoms with Gasteiger partial charge in [0.15, 0.2) is 0 Å². The molecule has 3 rings (SSSR count). The molecule has 1 aliphatic rings. The average Bonchev–Trinajstić information content (AvgIpc) is 2.67. The second-order valence-corrected chi connectivity index (χ2v) is 7.80. The topological polar surface area (TPSA) is 76.6 Å². The second-order valence-electron chi connectivity index (χ2n) is 7.80. The molecule has 1 saturated heterocycles. The fourth-order valence-corrected chi connectivity index (χ4v) is 2.83. The van der Waals surface area contributed by atoms with E-state index in [1.54, 1.807) is 29.2 Å². The number of carbonyl (C=O) groups excluding carboxylic acids is 1. The standard InChI is InChI=1S/C20H23F3N4O3/c1-19(2,3)30-18(28)27-10-11-29-15(12-27)13-4-6-14(7-5-13)25-17-24-9-8-16(26-17)20(21,22)23/h4-9,15H,10-12H2,1-3H3,(H,24,25,26)/t15-/m0/s1. The summed E-state index contributed by atoms with van der Waals surface area (Å²) < 4.78 is 49.5. The van der Waals surface area contributed by atoms with Crippen LogP contribution in [-0.4, -0.2) is 46.3 Å². The monoisotopic (exact) mass is 424 g/mol. The molecule has 2 aromatic rings. The van der Waals surface area contributed by atoms with Crippen LogP contribution in [0.1, 0.15) is 38.1 Å².